The van der Waals surface area contributed by atoms with Crippen molar-refractivity contribution in [3.8, 4) is 16.2 Å². The minimum atomic E-state index is -0.412. The standard InChI is InChI=1S/C23H27NO4S/c1-14-5-4-6-15(2)24(14)21(25)13-28-23(26)20-12-17-8-7-16-11-18(27-3)9-10-19(16)22(17)29-20/h9-12,14-15H,4-8,13H2,1-3H3/t14-,15+. The summed E-state index contributed by atoms with van der Waals surface area (Å²) >= 11 is 1.45. The summed E-state index contributed by atoms with van der Waals surface area (Å²) in [6.45, 7) is 3.94. The Hall–Kier alpha value is -2.34. The summed E-state index contributed by atoms with van der Waals surface area (Å²) in [5, 5.41) is 0. The van der Waals surface area contributed by atoms with Crippen molar-refractivity contribution < 1.29 is 19.1 Å². The van der Waals surface area contributed by atoms with Crippen LogP contribution in [0.25, 0.3) is 10.4 Å². The molecule has 2 aromatic rings. The average molecular weight is 414 g/mol. The van der Waals surface area contributed by atoms with Crippen molar-refractivity contribution in [2.45, 2.75) is 58.0 Å². The first-order chi connectivity index (χ1) is 14.0. The summed E-state index contributed by atoms with van der Waals surface area (Å²) in [5.74, 6) is 0.338. The largest absolute Gasteiger partial charge is 0.497 e. The molecule has 1 aromatic heterocycles. The van der Waals surface area contributed by atoms with E-state index in [0.29, 0.717) is 4.88 Å². The Labute approximate surface area is 175 Å². The number of hydrogen-bond donors (Lipinski definition) is 0. The van der Waals surface area contributed by atoms with Gasteiger partial charge in [-0.25, -0.2) is 4.79 Å². The summed E-state index contributed by atoms with van der Waals surface area (Å²) in [5.41, 5.74) is 3.56. The van der Waals surface area contributed by atoms with Crippen molar-refractivity contribution >= 4 is 23.2 Å². The van der Waals surface area contributed by atoms with Crippen LogP contribution >= 0.6 is 11.3 Å². The maximum atomic E-state index is 12.6. The number of rotatable bonds is 4. The summed E-state index contributed by atoms with van der Waals surface area (Å²) in [4.78, 5) is 28.8. The van der Waals surface area contributed by atoms with Crippen LogP contribution in [-0.2, 0) is 22.4 Å². The number of piperidine rings is 1. The molecule has 5 nitrogen and oxygen atoms in total. The molecule has 2 heterocycles. The predicted molar refractivity (Wildman–Crippen MR) is 114 cm³/mol. The second-order valence-electron chi connectivity index (χ2n) is 7.99. The number of amides is 1. The molecule has 0 radical (unpaired) electrons. The van der Waals surface area contributed by atoms with Gasteiger partial charge >= 0.3 is 5.97 Å². The Morgan fingerprint density at radius 1 is 1.10 bits per heavy atom. The van der Waals surface area contributed by atoms with E-state index in [1.807, 2.05) is 17.0 Å². The molecule has 2 atom stereocenters. The van der Waals surface area contributed by atoms with E-state index in [4.69, 9.17) is 9.47 Å². The first-order valence-corrected chi connectivity index (χ1v) is 11.1. The molecule has 1 aliphatic carbocycles. The third kappa shape index (κ3) is 3.90. The fraction of sp³-hybridized carbons (Fsp3) is 0.478. The van der Waals surface area contributed by atoms with Gasteiger partial charge in [0.05, 0.1) is 7.11 Å². The monoisotopic (exact) mass is 413 g/mol. The fourth-order valence-electron chi connectivity index (χ4n) is 4.52. The molecule has 154 valence electrons. The van der Waals surface area contributed by atoms with Gasteiger partial charge in [0.15, 0.2) is 6.61 Å². The Bertz CT molecular complexity index is 925. The van der Waals surface area contributed by atoms with Gasteiger partial charge in [0.2, 0.25) is 0 Å². The molecule has 0 saturated carbocycles. The van der Waals surface area contributed by atoms with E-state index in [9.17, 15) is 9.59 Å². The summed E-state index contributed by atoms with van der Waals surface area (Å²) in [7, 11) is 1.67. The number of benzene rings is 1. The lowest BCUT2D eigenvalue weighted by atomic mass is 9.91. The smallest absolute Gasteiger partial charge is 0.348 e. The molecule has 2 aliphatic rings. The van der Waals surface area contributed by atoms with Crippen LogP contribution in [-0.4, -0.2) is 42.6 Å². The lowest BCUT2D eigenvalue weighted by molar-refractivity contribution is -0.140. The predicted octanol–water partition coefficient (Wildman–Crippen LogP) is 4.47. The molecule has 0 bridgehead atoms. The van der Waals surface area contributed by atoms with Gasteiger partial charge in [-0.1, -0.05) is 0 Å². The molecule has 1 aromatic carbocycles. The third-order valence-corrected chi connectivity index (χ3v) is 7.23. The highest BCUT2D eigenvalue weighted by Gasteiger charge is 2.30. The summed E-state index contributed by atoms with van der Waals surface area (Å²) < 4.78 is 10.7. The van der Waals surface area contributed by atoms with Crippen molar-refractivity contribution in [3.63, 3.8) is 0 Å². The number of fused-ring (bicyclic) bond motifs is 3. The molecule has 1 fully saturated rings. The Balaban J connectivity index is 1.45. The zero-order valence-electron chi connectivity index (χ0n) is 17.2. The normalized spacial score (nSPS) is 20.6. The molecule has 1 aliphatic heterocycles. The first-order valence-electron chi connectivity index (χ1n) is 10.3. The number of ether oxygens (including phenoxy) is 2. The van der Waals surface area contributed by atoms with Crippen molar-refractivity contribution in [2.75, 3.05) is 13.7 Å². The molecule has 4 rings (SSSR count). The number of methoxy groups -OCH3 is 1. The van der Waals surface area contributed by atoms with E-state index in [0.717, 1.165) is 48.3 Å². The van der Waals surface area contributed by atoms with E-state index < -0.39 is 5.97 Å². The highest BCUT2D eigenvalue weighted by Crippen LogP contribution is 2.41. The molecule has 6 heteroatoms. The number of carbonyl (C=O) groups excluding carboxylic acids is 2. The Morgan fingerprint density at radius 3 is 2.55 bits per heavy atom. The van der Waals surface area contributed by atoms with E-state index >= 15 is 0 Å². The topological polar surface area (TPSA) is 55.8 Å². The van der Waals surface area contributed by atoms with Crippen molar-refractivity contribution in [1.29, 1.82) is 0 Å². The van der Waals surface area contributed by atoms with Gasteiger partial charge in [0.1, 0.15) is 10.6 Å². The van der Waals surface area contributed by atoms with Crippen LogP contribution in [0, 0.1) is 0 Å². The Morgan fingerprint density at radius 2 is 1.83 bits per heavy atom. The number of nitrogens with zero attached hydrogens (tertiary/aromatic N) is 1. The molecule has 0 unspecified atom stereocenters. The maximum Gasteiger partial charge on any atom is 0.348 e. The number of thiophene rings is 1. The molecular formula is C23H27NO4S. The molecule has 0 N–H and O–H groups in total. The third-order valence-electron chi connectivity index (χ3n) is 6.04. The van der Waals surface area contributed by atoms with Gasteiger partial charge in [-0.15, -0.1) is 11.3 Å². The average Bonchev–Trinajstić information content (AvgIpc) is 3.16. The van der Waals surface area contributed by atoms with Gasteiger partial charge in [-0.2, -0.15) is 0 Å². The van der Waals surface area contributed by atoms with E-state index in [1.54, 1.807) is 7.11 Å². The van der Waals surface area contributed by atoms with E-state index in [2.05, 4.69) is 26.0 Å². The fourth-order valence-corrected chi connectivity index (χ4v) is 5.69. The van der Waals surface area contributed by atoms with Crippen molar-refractivity contribution in [1.82, 2.24) is 4.90 Å². The molecule has 1 saturated heterocycles. The van der Waals surface area contributed by atoms with Crippen LogP contribution in [0.4, 0.5) is 0 Å². The van der Waals surface area contributed by atoms with Gasteiger partial charge in [-0.05, 0) is 86.9 Å². The minimum absolute atomic E-state index is 0.100. The van der Waals surface area contributed by atoms with Gasteiger partial charge < -0.3 is 14.4 Å². The minimum Gasteiger partial charge on any atom is -0.497 e. The quantitative estimate of drug-likeness (QED) is 0.694. The van der Waals surface area contributed by atoms with Crippen LogP contribution in [0.3, 0.4) is 0 Å². The zero-order valence-corrected chi connectivity index (χ0v) is 18.0. The second kappa shape index (κ2) is 8.19. The number of aryl methyl sites for hydroxylation is 2. The van der Waals surface area contributed by atoms with Crippen LogP contribution in [0.15, 0.2) is 24.3 Å². The SMILES string of the molecule is COc1ccc2c(c1)CCc1cc(C(=O)OCC(=O)N3[C@H](C)CCC[C@@H]3C)sc1-2. The zero-order chi connectivity index (χ0) is 20.5. The van der Waals surface area contributed by atoms with Gasteiger partial charge in [0.25, 0.3) is 5.91 Å². The first kappa shape index (κ1) is 20.0. The summed E-state index contributed by atoms with van der Waals surface area (Å²) in [6, 6.07) is 8.40. The number of esters is 1. The molecule has 0 spiro atoms. The number of likely N-dealkylation sites (tertiary alicyclic amines) is 1. The van der Waals surface area contributed by atoms with Crippen molar-refractivity contribution in [2.24, 2.45) is 0 Å². The van der Waals surface area contributed by atoms with Crippen LogP contribution in [0.1, 0.15) is 53.9 Å². The molecule has 1 amide bonds. The lowest BCUT2D eigenvalue weighted by Gasteiger charge is -2.38. The molecular weight excluding hydrogens is 386 g/mol. The summed E-state index contributed by atoms with van der Waals surface area (Å²) in [6.07, 6.45) is 4.97. The highest BCUT2D eigenvalue weighted by molar-refractivity contribution is 7.17. The highest BCUT2D eigenvalue weighted by atomic mass is 32.1. The second-order valence-corrected chi connectivity index (χ2v) is 9.05. The Kier molecular flexibility index (Phi) is 5.63. The molecule has 29 heavy (non-hydrogen) atoms. The maximum absolute atomic E-state index is 12.6. The van der Waals surface area contributed by atoms with Crippen LogP contribution < -0.4 is 4.74 Å². The number of carbonyl (C=O) groups is 2. The van der Waals surface area contributed by atoms with Crippen molar-refractivity contribution in [3.05, 3.63) is 40.3 Å². The lowest BCUT2D eigenvalue weighted by Crippen LogP contribution is -2.49. The van der Waals surface area contributed by atoms with Gasteiger partial charge in [0, 0.05) is 17.0 Å². The van der Waals surface area contributed by atoms with Gasteiger partial charge in [-0.3, -0.25) is 4.79 Å². The van der Waals surface area contributed by atoms with E-state index in [1.165, 1.54) is 22.5 Å². The van der Waals surface area contributed by atoms with E-state index in [-0.39, 0.29) is 24.6 Å². The van der Waals surface area contributed by atoms with Crippen LogP contribution in [0.5, 0.6) is 5.75 Å². The number of hydrogen-bond acceptors (Lipinski definition) is 5. The van der Waals surface area contributed by atoms with Crippen LogP contribution in [0.2, 0.25) is 0 Å².